The van der Waals surface area contributed by atoms with Gasteiger partial charge in [0.2, 0.25) is 5.56 Å². The third-order valence-electron chi connectivity index (χ3n) is 11.6. The molecule has 1 aromatic heterocycles. The second-order valence-corrected chi connectivity index (χ2v) is 14.8. The van der Waals surface area contributed by atoms with Crippen molar-refractivity contribution in [3.05, 3.63) is 106 Å². The Morgan fingerprint density at radius 3 is 2.40 bits per heavy atom. The van der Waals surface area contributed by atoms with Crippen LogP contribution in [0.1, 0.15) is 66.1 Å². The Labute approximate surface area is 307 Å². The van der Waals surface area contributed by atoms with Gasteiger partial charge in [-0.2, -0.15) is 0 Å². The van der Waals surface area contributed by atoms with Crippen LogP contribution in [0.25, 0.3) is 10.9 Å². The van der Waals surface area contributed by atoms with E-state index in [2.05, 4.69) is 15.2 Å². The number of halogens is 1. The molecule has 4 fully saturated rings. The number of hydrogen-bond donors (Lipinski definition) is 5. The number of amides is 1. The lowest BCUT2D eigenvalue weighted by Gasteiger charge is -2.61. The summed E-state index contributed by atoms with van der Waals surface area (Å²) < 4.78 is 19.8. The molecule has 0 radical (unpaired) electrons. The van der Waals surface area contributed by atoms with Crippen molar-refractivity contribution in [2.24, 2.45) is 11.8 Å². The quantitative estimate of drug-likeness (QED) is 0.109. The van der Waals surface area contributed by atoms with E-state index in [-0.39, 0.29) is 29.7 Å². The first-order valence-corrected chi connectivity index (χ1v) is 18.6. The van der Waals surface area contributed by atoms with Crippen LogP contribution in [-0.4, -0.2) is 93.9 Å². The summed E-state index contributed by atoms with van der Waals surface area (Å²) in [5.74, 6) is -0.629. The fourth-order valence-corrected chi connectivity index (χ4v) is 8.76. The Balaban J connectivity index is 0.874. The van der Waals surface area contributed by atoms with Gasteiger partial charge in [-0.3, -0.25) is 14.4 Å². The Morgan fingerprint density at radius 1 is 0.962 bits per heavy atom. The summed E-state index contributed by atoms with van der Waals surface area (Å²) in [6.45, 7) is 4.38. The molecule has 4 aromatic rings. The largest absolute Gasteiger partial charge is 0.506 e. The van der Waals surface area contributed by atoms with Crippen LogP contribution < -0.4 is 15.6 Å². The van der Waals surface area contributed by atoms with Gasteiger partial charge in [-0.1, -0.05) is 31.0 Å². The second-order valence-electron chi connectivity index (χ2n) is 14.8. The zero-order valence-corrected chi connectivity index (χ0v) is 29.7. The number of nitrogens with one attached hydrogen (secondary N) is 2. The molecule has 4 atom stereocenters. The maximum atomic E-state index is 14.0. The molecule has 12 heteroatoms. The number of carboxylic acids is 1. The number of likely N-dealkylation sites (tertiary alicyclic amines) is 1. The molecule has 4 aliphatic heterocycles. The molecule has 53 heavy (non-hydrogen) atoms. The molecule has 0 aliphatic carbocycles. The van der Waals surface area contributed by atoms with E-state index >= 15 is 0 Å². The number of aliphatic carboxylic acids is 1. The molecule has 11 nitrogen and oxygen atoms in total. The number of phenols is 1. The molecule has 4 saturated heterocycles. The number of carbonyl (C=O) groups excluding carboxylic acids is 1. The van der Waals surface area contributed by atoms with E-state index < -0.39 is 29.3 Å². The van der Waals surface area contributed by atoms with Gasteiger partial charge in [0.15, 0.2) is 0 Å². The number of aromatic amines is 1. The highest BCUT2D eigenvalue weighted by Gasteiger charge is 2.65. The standard InChI is InChI=1S/C41H47FN4O7/c42-29-9-7-28(8-10-29)41(40(51)52)25-46(38(41)33-24-45-20-17-26(33)18-21-45)39(50)27-5-11-30(12-6-27)53-22-4-2-1-3-19-43-23-35(48)31-13-15-34(47)37-32(31)14-16-36(49)44-37/h5-16,26,33,35,38,43,47-48H,1-4,17-25H2,(H,44,49)(H,51,52). The number of unbranched alkanes of at least 4 members (excludes halogenated alkanes) is 3. The number of piperidine rings is 3. The van der Waals surface area contributed by atoms with E-state index in [1.165, 1.54) is 24.3 Å². The number of benzene rings is 3. The van der Waals surface area contributed by atoms with Crippen molar-refractivity contribution in [2.75, 3.05) is 45.9 Å². The number of H-pyrrole nitrogens is 1. The van der Waals surface area contributed by atoms with Gasteiger partial charge in [0.1, 0.15) is 22.7 Å². The number of rotatable bonds is 15. The number of nitrogens with zero attached hydrogens (tertiary/aromatic N) is 2. The number of phenolic OH excluding ortho intramolecular Hbond substituents is 1. The number of aliphatic hydroxyl groups is 1. The number of aromatic nitrogens is 1. The summed E-state index contributed by atoms with van der Waals surface area (Å²) in [6, 6.07) is 18.3. The fourth-order valence-electron chi connectivity index (χ4n) is 8.76. The summed E-state index contributed by atoms with van der Waals surface area (Å²) >= 11 is 0. The Morgan fingerprint density at radius 2 is 1.70 bits per heavy atom. The first-order chi connectivity index (χ1) is 25.7. The number of hydrogen-bond acceptors (Lipinski definition) is 8. The SMILES string of the molecule is O=C(c1ccc(OCCCCCCNCC(O)c2ccc(O)c3[nH]c(=O)ccc23)cc1)N1CC(C(=O)O)(c2ccc(F)cc2)C1C1CN2CCC1CC2. The maximum absolute atomic E-state index is 14.0. The minimum absolute atomic E-state index is 0.0153. The van der Waals surface area contributed by atoms with Crippen molar-refractivity contribution in [3.63, 3.8) is 0 Å². The monoisotopic (exact) mass is 726 g/mol. The summed E-state index contributed by atoms with van der Waals surface area (Å²) in [4.78, 5) is 45.4. The van der Waals surface area contributed by atoms with Gasteiger partial charge in [0.05, 0.1) is 24.3 Å². The minimum Gasteiger partial charge on any atom is -0.506 e. The highest BCUT2D eigenvalue weighted by atomic mass is 19.1. The number of ether oxygens (including phenoxy) is 1. The zero-order chi connectivity index (χ0) is 37.1. The van der Waals surface area contributed by atoms with Crippen LogP contribution in [0.4, 0.5) is 4.39 Å². The van der Waals surface area contributed by atoms with E-state index in [1.54, 1.807) is 53.4 Å². The van der Waals surface area contributed by atoms with E-state index in [0.29, 0.717) is 52.4 Å². The number of aromatic hydroxyl groups is 1. The van der Waals surface area contributed by atoms with Gasteiger partial charge in [0, 0.05) is 36.7 Å². The Kier molecular flexibility index (Phi) is 10.8. The highest BCUT2D eigenvalue weighted by molar-refractivity contribution is 5.98. The van der Waals surface area contributed by atoms with Gasteiger partial charge in [0.25, 0.3) is 5.91 Å². The van der Waals surface area contributed by atoms with Crippen molar-refractivity contribution < 1.29 is 34.0 Å². The van der Waals surface area contributed by atoms with Crippen LogP contribution in [0.3, 0.4) is 0 Å². The topological polar surface area (TPSA) is 155 Å². The van der Waals surface area contributed by atoms with E-state index in [1.807, 2.05) is 0 Å². The summed E-state index contributed by atoms with van der Waals surface area (Å²) in [5.41, 5.74) is 0.351. The average Bonchev–Trinajstić information content (AvgIpc) is 3.15. The zero-order valence-electron chi connectivity index (χ0n) is 29.7. The van der Waals surface area contributed by atoms with E-state index in [9.17, 15) is 34.1 Å². The molecule has 4 aliphatic rings. The van der Waals surface area contributed by atoms with Crippen LogP contribution in [-0.2, 0) is 10.2 Å². The van der Waals surface area contributed by atoms with Crippen molar-refractivity contribution in [3.8, 4) is 11.5 Å². The van der Waals surface area contributed by atoms with Gasteiger partial charge >= 0.3 is 5.97 Å². The van der Waals surface area contributed by atoms with Crippen LogP contribution >= 0.6 is 0 Å². The van der Waals surface area contributed by atoms with E-state index in [4.69, 9.17) is 4.74 Å². The lowest BCUT2D eigenvalue weighted by molar-refractivity contribution is -0.162. The number of carboxylic acid groups (broad SMARTS) is 1. The molecule has 2 bridgehead atoms. The highest BCUT2D eigenvalue weighted by Crippen LogP contribution is 2.50. The lowest BCUT2D eigenvalue weighted by Crippen LogP contribution is -2.76. The first-order valence-electron chi connectivity index (χ1n) is 18.6. The van der Waals surface area contributed by atoms with Crippen molar-refractivity contribution in [2.45, 2.75) is 56.1 Å². The molecule has 0 saturated carbocycles. The average molecular weight is 727 g/mol. The molecule has 8 rings (SSSR count). The van der Waals surface area contributed by atoms with Crippen LogP contribution in [0.5, 0.6) is 11.5 Å². The molecule has 4 unspecified atom stereocenters. The van der Waals surface area contributed by atoms with Crippen molar-refractivity contribution in [1.29, 1.82) is 0 Å². The summed E-state index contributed by atoms with van der Waals surface area (Å²) in [6.07, 6.45) is 4.91. The summed E-state index contributed by atoms with van der Waals surface area (Å²) in [7, 11) is 0. The minimum atomic E-state index is -1.29. The first kappa shape index (κ1) is 36.6. The molecule has 0 spiro atoms. The second kappa shape index (κ2) is 15.7. The number of pyridine rings is 1. The van der Waals surface area contributed by atoms with Gasteiger partial charge in [-0.15, -0.1) is 0 Å². The number of fused-ring (bicyclic) bond motifs is 4. The van der Waals surface area contributed by atoms with Crippen molar-refractivity contribution in [1.82, 2.24) is 20.1 Å². The van der Waals surface area contributed by atoms with Gasteiger partial charge in [-0.05, 0) is 117 Å². The Bertz CT molecular complexity index is 1980. The molecule has 5 N–H and O–H groups in total. The third-order valence-corrected chi connectivity index (χ3v) is 11.6. The normalized spacial score (nSPS) is 24.2. The smallest absolute Gasteiger partial charge is 0.318 e. The molecule has 280 valence electrons. The van der Waals surface area contributed by atoms with Crippen LogP contribution in [0.15, 0.2) is 77.6 Å². The van der Waals surface area contributed by atoms with Gasteiger partial charge < -0.3 is 40.2 Å². The molecule has 1 amide bonds. The van der Waals surface area contributed by atoms with Gasteiger partial charge in [-0.25, -0.2) is 4.39 Å². The lowest BCUT2D eigenvalue weighted by atomic mass is 9.58. The Hall–Kier alpha value is -4.78. The molecular weight excluding hydrogens is 679 g/mol. The molecule has 3 aromatic carbocycles. The van der Waals surface area contributed by atoms with Crippen LogP contribution in [0.2, 0.25) is 0 Å². The third kappa shape index (κ3) is 7.40. The molecule has 5 heterocycles. The van der Waals surface area contributed by atoms with Crippen LogP contribution in [0, 0.1) is 17.7 Å². The van der Waals surface area contributed by atoms with E-state index in [0.717, 1.165) is 64.7 Å². The number of carbonyl (C=O) groups is 2. The number of aliphatic hydroxyl groups excluding tert-OH is 1. The predicted octanol–water partition coefficient (Wildman–Crippen LogP) is 4.82. The molecular formula is C41H47FN4O7. The maximum Gasteiger partial charge on any atom is 0.318 e. The van der Waals surface area contributed by atoms with Crippen molar-refractivity contribution >= 4 is 22.8 Å². The summed E-state index contributed by atoms with van der Waals surface area (Å²) in [5, 5.41) is 35.3. The fraction of sp³-hybridized carbons (Fsp3) is 0.439. The predicted molar refractivity (Wildman–Crippen MR) is 198 cm³/mol.